The second kappa shape index (κ2) is 10.5. The van der Waals surface area contributed by atoms with Gasteiger partial charge in [0.25, 0.3) is 0 Å². The van der Waals surface area contributed by atoms with Crippen molar-refractivity contribution in [3.05, 3.63) is 24.3 Å². The molecule has 0 saturated heterocycles. The summed E-state index contributed by atoms with van der Waals surface area (Å²) in [5.74, 6) is 0.387. The van der Waals surface area contributed by atoms with Crippen molar-refractivity contribution in [2.45, 2.75) is 53.4 Å². The van der Waals surface area contributed by atoms with E-state index in [1.807, 2.05) is 26.0 Å². The highest BCUT2D eigenvalue weighted by atomic mass is 16.6. The zero-order valence-corrected chi connectivity index (χ0v) is 17.0. The second-order valence-electron chi connectivity index (χ2n) is 6.21. The number of hydrogen-bond donors (Lipinski definition) is 0. The molecule has 0 aromatic heterocycles. The SMILES string of the molecule is CCCOc1c(OCCC)c(OC(=O)CC)c2ccccc2c1OC(=O)CC. The summed E-state index contributed by atoms with van der Waals surface area (Å²) in [5, 5.41) is 1.25. The minimum atomic E-state index is -0.383. The Balaban J connectivity index is 2.80. The van der Waals surface area contributed by atoms with E-state index in [0.717, 1.165) is 12.8 Å². The van der Waals surface area contributed by atoms with Gasteiger partial charge in [0.05, 0.1) is 13.2 Å². The Hall–Kier alpha value is -2.76. The van der Waals surface area contributed by atoms with E-state index in [-0.39, 0.29) is 36.3 Å². The Bertz CT molecular complexity index is 759. The first kappa shape index (κ1) is 21.5. The number of rotatable bonds is 10. The lowest BCUT2D eigenvalue weighted by atomic mass is 10.1. The number of fused-ring (bicyclic) bond motifs is 1. The highest BCUT2D eigenvalue weighted by molar-refractivity contribution is 6.01. The van der Waals surface area contributed by atoms with Crippen LogP contribution in [0.25, 0.3) is 10.8 Å². The van der Waals surface area contributed by atoms with Crippen molar-refractivity contribution in [3.8, 4) is 23.0 Å². The molecule has 0 aliphatic heterocycles. The van der Waals surface area contributed by atoms with E-state index in [2.05, 4.69) is 0 Å². The van der Waals surface area contributed by atoms with Crippen LogP contribution in [0.2, 0.25) is 0 Å². The predicted octanol–water partition coefficient (Wildman–Crippen LogP) is 5.05. The maximum atomic E-state index is 12.1. The van der Waals surface area contributed by atoms with Gasteiger partial charge in [0.1, 0.15) is 0 Å². The van der Waals surface area contributed by atoms with Crippen LogP contribution in [0.15, 0.2) is 24.3 Å². The molecule has 0 radical (unpaired) electrons. The average molecular weight is 388 g/mol. The molecule has 28 heavy (non-hydrogen) atoms. The van der Waals surface area contributed by atoms with Crippen LogP contribution in [0.1, 0.15) is 53.4 Å². The third kappa shape index (κ3) is 4.94. The van der Waals surface area contributed by atoms with Crippen molar-refractivity contribution >= 4 is 22.7 Å². The molecule has 0 atom stereocenters. The lowest BCUT2D eigenvalue weighted by Crippen LogP contribution is -2.12. The largest absolute Gasteiger partial charge is 0.486 e. The number of esters is 2. The van der Waals surface area contributed by atoms with Crippen LogP contribution in [0.4, 0.5) is 0 Å². The summed E-state index contributed by atoms with van der Waals surface area (Å²) < 4.78 is 23.1. The summed E-state index contributed by atoms with van der Waals surface area (Å²) in [6, 6.07) is 7.26. The van der Waals surface area contributed by atoms with Crippen molar-refractivity contribution in [2.75, 3.05) is 13.2 Å². The normalized spacial score (nSPS) is 10.6. The van der Waals surface area contributed by atoms with E-state index in [1.54, 1.807) is 26.0 Å². The number of hydrogen-bond acceptors (Lipinski definition) is 6. The molecular weight excluding hydrogens is 360 g/mol. The Morgan fingerprint density at radius 1 is 0.679 bits per heavy atom. The number of carbonyl (C=O) groups excluding carboxylic acids is 2. The maximum absolute atomic E-state index is 12.1. The molecule has 0 aliphatic rings. The highest BCUT2D eigenvalue weighted by Crippen LogP contribution is 2.51. The van der Waals surface area contributed by atoms with Gasteiger partial charge in [-0.15, -0.1) is 0 Å². The van der Waals surface area contributed by atoms with Crippen LogP contribution >= 0.6 is 0 Å². The van der Waals surface area contributed by atoms with Gasteiger partial charge in [0, 0.05) is 23.6 Å². The van der Waals surface area contributed by atoms with E-state index in [0.29, 0.717) is 35.5 Å². The van der Waals surface area contributed by atoms with Gasteiger partial charge in [-0.1, -0.05) is 52.0 Å². The van der Waals surface area contributed by atoms with Gasteiger partial charge in [0.2, 0.25) is 11.5 Å². The molecule has 0 fully saturated rings. The van der Waals surface area contributed by atoms with Crippen LogP contribution in [0.5, 0.6) is 23.0 Å². The van der Waals surface area contributed by atoms with Crippen LogP contribution < -0.4 is 18.9 Å². The van der Waals surface area contributed by atoms with Crippen LogP contribution in [0, 0.1) is 0 Å². The molecule has 0 N–H and O–H groups in total. The smallest absolute Gasteiger partial charge is 0.311 e. The Morgan fingerprint density at radius 2 is 1.07 bits per heavy atom. The summed E-state index contributed by atoms with van der Waals surface area (Å²) in [6.07, 6.45) is 1.95. The zero-order valence-electron chi connectivity index (χ0n) is 17.0. The molecule has 0 bridgehead atoms. The van der Waals surface area contributed by atoms with E-state index in [9.17, 15) is 9.59 Å². The van der Waals surface area contributed by atoms with Crippen molar-refractivity contribution in [3.63, 3.8) is 0 Å². The molecule has 0 heterocycles. The molecular formula is C22H28O6. The van der Waals surface area contributed by atoms with E-state index in [4.69, 9.17) is 18.9 Å². The van der Waals surface area contributed by atoms with Crippen molar-refractivity contribution in [1.82, 2.24) is 0 Å². The lowest BCUT2D eigenvalue weighted by Gasteiger charge is -2.21. The minimum Gasteiger partial charge on any atom is -0.486 e. The van der Waals surface area contributed by atoms with Gasteiger partial charge in [-0.3, -0.25) is 9.59 Å². The summed E-state index contributed by atoms with van der Waals surface area (Å²) in [7, 11) is 0. The van der Waals surface area contributed by atoms with Crippen molar-refractivity contribution in [2.24, 2.45) is 0 Å². The topological polar surface area (TPSA) is 71.1 Å². The van der Waals surface area contributed by atoms with Crippen molar-refractivity contribution < 1.29 is 28.5 Å². The number of ether oxygens (including phenoxy) is 4. The predicted molar refractivity (Wildman–Crippen MR) is 107 cm³/mol. The van der Waals surface area contributed by atoms with Crippen LogP contribution in [-0.2, 0) is 9.59 Å². The van der Waals surface area contributed by atoms with Crippen molar-refractivity contribution in [1.29, 1.82) is 0 Å². The molecule has 0 unspecified atom stereocenters. The summed E-state index contributed by atoms with van der Waals surface area (Å²) in [4.78, 5) is 24.2. The molecule has 2 rings (SSSR count). The first-order valence-electron chi connectivity index (χ1n) is 9.82. The molecule has 2 aromatic rings. The fourth-order valence-corrected chi connectivity index (χ4v) is 2.58. The second-order valence-corrected chi connectivity index (χ2v) is 6.21. The van der Waals surface area contributed by atoms with E-state index in [1.165, 1.54) is 0 Å². The van der Waals surface area contributed by atoms with Gasteiger partial charge in [-0.2, -0.15) is 0 Å². The molecule has 6 nitrogen and oxygen atoms in total. The van der Waals surface area contributed by atoms with Gasteiger partial charge in [-0.05, 0) is 12.8 Å². The van der Waals surface area contributed by atoms with Crippen LogP contribution in [0.3, 0.4) is 0 Å². The number of carbonyl (C=O) groups is 2. The summed E-state index contributed by atoms with van der Waals surface area (Å²) >= 11 is 0. The maximum Gasteiger partial charge on any atom is 0.311 e. The average Bonchev–Trinajstić information content (AvgIpc) is 2.72. The van der Waals surface area contributed by atoms with Gasteiger partial charge >= 0.3 is 11.9 Å². The molecule has 152 valence electrons. The molecule has 0 spiro atoms. The monoisotopic (exact) mass is 388 g/mol. The van der Waals surface area contributed by atoms with Gasteiger partial charge in [0.15, 0.2) is 11.5 Å². The standard InChI is InChI=1S/C22H28O6/c1-5-13-25-21-19(27-17(23)7-3)15-11-9-10-12-16(15)20(28-18(24)8-4)22(21)26-14-6-2/h9-12H,5-8,13-14H2,1-4H3. The van der Waals surface area contributed by atoms with Crippen LogP contribution in [-0.4, -0.2) is 25.2 Å². The Labute approximate surface area is 165 Å². The molecule has 0 saturated carbocycles. The summed E-state index contributed by atoms with van der Waals surface area (Å²) in [6.45, 7) is 8.20. The first-order valence-corrected chi connectivity index (χ1v) is 9.82. The number of benzene rings is 2. The minimum absolute atomic E-state index is 0.221. The van der Waals surface area contributed by atoms with E-state index < -0.39 is 0 Å². The highest BCUT2D eigenvalue weighted by Gasteiger charge is 2.27. The molecule has 0 aliphatic carbocycles. The quantitative estimate of drug-likeness (QED) is 0.419. The lowest BCUT2D eigenvalue weighted by molar-refractivity contribution is -0.135. The Morgan fingerprint density at radius 3 is 1.39 bits per heavy atom. The third-order valence-corrected chi connectivity index (χ3v) is 3.95. The molecule has 6 heteroatoms. The molecule has 0 amide bonds. The molecule has 2 aromatic carbocycles. The third-order valence-electron chi connectivity index (χ3n) is 3.95. The van der Waals surface area contributed by atoms with Gasteiger partial charge < -0.3 is 18.9 Å². The van der Waals surface area contributed by atoms with E-state index >= 15 is 0 Å². The Kier molecular flexibility index (Phi) is 8.11. The summed E-state index contributed by atoms with van der Waals surface area (Å²) in [5.41, 5.74) is 0. The zero-order chi connectivity index (χ0) is 20.5. The first-order chi connectivity index (χ1) is 13.6. The van der Waals surface area contributed by atoms with Gasteiger partial charge in [-0.25, -0.2) is 0 Å². The fraction of sp³-hybridized carbons (Fsp3) is 0.455. The fourth-order valence-electron chi connectivity index (χ4n) is 2.58.